The van der Waals surface area contributed by atoms with Crippen LogP contribution >= 0.6 is 0 Å². The smallest absolute Gasteiger partial charge is 0.260 e. The van der Waals surface area contributed by atoms with Crippen LogP contribution in [0.2, 0.25) is 0 Å². The summed E-state index contributed by atoms with van der Waals surface area (Å²) in [7, 11) is 1.69. The third kappa shape index (κ3) is 3.29. The van der Waals surface area contributed by atoms with Gasteiger partial charge in [-0.05, 0) is 12.1 Å². The van der Waals surface area contributed by atoms with Crippen LogP contribution < -0.4 is 10.2 Å². The summed E-state index contributed by atoms with van der Waals surface area (Å²) in [6, 6.07) is 9.46. The lowest BCUT2D eigenvalue weighted by molar-refractivity contribution is 0.0778. The fourth-order valence-corrected chi connectivity index (χ4v) is 3.13. The molecule has 0 bridgehead atoms. The molecule has 0 saturated carbocycles. The van der Waals surface area contributed by atoms with Crippen LogP contribution in [0.15, 0.2) is 42.7 Å². The number of H-pyrrole nitrogens is 2. The third-order valence-corrected chi connectivity index (χ3v) is 4.83. The number of fused-ring (bicyclic) bond motifs is 1. The second-order valence-electron chi connectivity index (χ2n) is 6.76. The Hall–Kier alpha value is -3.79. The molecule has 29 heavy (non-hydrogen) atoms. The Bertz CT molecular complexity index is 1130. The lowest BCUT2D eigenvalue weighted by atomic mass is 10.2. The van der Waals surface area contributed by atoms with Crippen molar-refractivity contribution in [3.05, 3.63) is 48.3 Å². The number of carbonyl (C=O) groups is 1. The Morgan fingerprint density at radius 1 is 1.24 bits per heavy atom. The number of aromatic amines is 2. The lowest BCUT2D eigenvalue weighted by Gasteiger charge is -2.37. The number of para-hydroxylation sites is 2. The van der Waals surface area contributed by atoms with Crippen molar-refractivity contribution in [3.8, 4) is 11.5 Å². The fourth-order valence-electron chi connectivity index (χ4n) is 3.13. The standard InChI is InChI=1S/C19H18N8O2/c1-29-12-9-27(10-12)19-20-7-11(8-21-19)18(28)24-16-6-15(25-26-16)17-22-13-4-2-3-5-14(13)23-17/h2-8,12H,9-10H2,1H3,(H,22,23)(H2,24,25,26,28). The van der Waals surface area contributed by atoms with E-state index in [0.717, 1.165) is 24.1 Å². The average molecular weight is 390 g/mol. The summed E-state index contributed by atoms with van der Waals surface area (Å²) < 4.78 is 5.24. The Balaban J connectivity index is 1.26. The number of methoxy groups -OCH3 is 1. The number of hydrogen-bond donors (Lipinski definition) is 3. The SMILES string of the molecule is COC1CN(c2ncc(C(=O)Nc3cc(-c4nc5ccccc5[nH]4)[nH]n3)cn2)C1. The molecule has 0 aliphatic carbocycles. The average Bonchev–Trinajstić information content (AvgIpc) is 3.34. The molecule has 10 nitrogen and oxygen atoms in total. The number of anilines is 2. The van der Waals surface area contributed by atoms with E-state index in [2.05, 4.69) is 35.5 Å². The van der Waals surface area contributed by atoms with Crippen LogP contribution in [0, 0.1) is 0 Å². The van der Waals surface area contributed by atoms with Gasteiger partial charge in [-0.25, -0.2) is 15.0 Å². The minimum Gasteiger partial charge on any atom is -0.378 e. The van der Waals surface area contributed by atoms with Gasteiger partial charge in [-0.15, -0.1) is 0 Å². The number of benzene rings is 1. The molecule has 1 aliphatic heterocycles. The van der Waals surface area contributed by atoms with Crippen molar-refractivity contribution in [3.63, 3.8) is 0 Å². The van der Waals surface area contributed by atoms with Crippen molar-refractivity contribution >= 4 is 28.7 Å². The zero-order chi connectivity index (χ0) is 19.8. The van der Waals surface area contributed by atoms with Crippen molar-refractivity contribution in [2.45, 2.75) is 6.10 Å². The molecule has 1 saturated heterocycles. The Kier molecular flexibility index (Phi) is 4.17. The first-order valence-electron chi connectivity index (χ1n) is 9.11. The molecule has 0 spiro atoms. The molecule has 146 valence electrons. The maximum atomic E-state index is 12.5. The van der Waals surface area contributed by atoms with Crippen molar-refractivity contribution in [2.24, 2.45) is 0 Å². The van der Waals surface area contributed by atoms with E-state index in [1.807, 2.05) is 29.2 Å². The van der Waals surface area contributed by atoms with Gasteiger partial charge in [0, 0.05) is 38.7 Å². The number of aromatic nitrogens is 6. The molecular formula is C19H18N8O2. The van der Waals surface area contributed by atoms with Crippen LogP contribution in [0.4, 0.5) is 11.8 Å². The first-order valence-corrected chi connectivity index (χ1v) is 9.11. The largest absolute Gasteiger partial charge is 0.378 e. The highest BCUT2D eigenvalue weighted by atomic mass is 16.5. The van der Waals surface area contributed by atoms with Crippen LogP contribution in [0.1, 0.15) is 10.4 Å². The van der Waals surface area contributed by atoms with Gasteiger partial charge in [0.1, 0.15) is 5.69 Å². The summed E-state index contributed by atoms with van der Waals surface area (Å²) in [4.78, 5) is 30.7. The number of nitrogens with zero attached hydrogens (tertiary/aromatic N) is 5. The second-order valence-corrected chi connectivity index (χ2v) is 6.76. The second kappa shape index (κ2) is 6.99. The zero-order valence-electron chi connectivity index (χ0n) is 15.6. The highest BCUT2D eigenvalue weighted by Gasteiger charge is 2.28. The fraction of sp³-hybridized carbons (Fsp3) is 0.211. The number of nitrogens with one attached hydrogen (secondary N) is 3. The van der Waals surface area contributed by atoms with Crippen molar-refractivity contribution in [1.82, 2.24) is 30.1 Å². The topological polar surface area (TPSA) is 125 Å². The summed E-state index contributed by atoms with van der Waals surface area (Å²) in [5.41, 5.74) is 2.82. The van der Waals surface area contributed by atoms with E-state index in [1.165, 1.54) is 12.4 Å². The molecule has 10 heteroatoms. The highest BCUT2D eigenvalue weighted by molar-refractivity contribution is 6.03. The van der Waals surface area contributed by atoms with Crippen LogP contribution in [0.25, 0.3) is 22.6 Å². The number of amides is 1. The molecule has 4 aromatic rings. The van der Waals surface area contributed by atoms with Crippen molar-refractivity contribution < 1.29 is 9.53 Å². The van der Waals surface area contributed by atoms with E-state index in [9.17, 15) is 4.79 Å². The van der Waals surface area contributed by atoms with E-state index in [1.54, 1.807) is 13.2 Å². The molecule has 1 amide bonds. The summed E-state index contributed by atoms with van der Waals surface area (Å²) in [5.74, 6) is 1.29. The molecule has 0 atom stereocenters. The maximum Gasteiger partial charge on any atom is 0.260 e. The van der Waals surface area contributed by atoms with Gasteiger partial charge >= 0.3 is 0 Å². The third-order valence-electron chi connectivity index (χ3n) is 4.83. The quantitative estimate of drug-likeness (QED) is 0.475. The van der Waals surface area contributed by atoms with Gasteiger partial charge in [-0.2, -0.15) is 5.10 Å². The van der Waals surface area contributed by atoms with Crippen molar-refractivity contribution in [2.75, 3.05) is 30.4 Å². The molecule has 0 radical (unpaired) electrons. The number of rotatable bonds is 5. The molecule has 4 heterocycles. The number of carbonyl (C=O) groups excluding carboxylic acids is 1. The van der Waals surface area contributed by atoms with Gasteiger partial charge < -0.3 is 19.9 Å². The summed E-state index contributed by atoms with van der Waals surface area (Å²) >= 11 is 0. The molecule has 5 rings (SSSR count). The van der Waals surface area contributed by atoms with Gasteiger partial charge in [-0.1, -0.05) is 12.1 Å². The van der Waals surface area contributed by atoms with E-state index >= 15 is 0 Å². The molecule has 1 aliphatic rings. The molecular weight excluding hydrogens is 372 g/mol. The summed E-state index contributed by atoms with van der Waals surface area (Å²) in [6.07, 6.45) is 3.22. The van der Waals surface area contributed by atoms with Crippen LogP contribution in [-0.4, -0.2) is 62.3 Å². The number of ether oxygens (including phenoxy) is 1. The van der Waals surface area contributed by atoms with Gasteiger partial charge in [0.2, 0.25) is 5.95 Å². The van der Waals surface area contributed by atoms with Crippen LogP contribution in [0.5, 0.6) is 0 Å². The van der Waals surface area contributed by atoms with E-state index < -0.39 is 0 Å². The zero-order valence-corrected chi connectivity index (χ0v) is 15.6. The normalized spacial score (nSPS) is 14.2. The Morgan fingerprint density at radius 3 is 2.79 bits per heavy atom. The molecule has 1 aromatic carbocycles. The van der Waals surface area contributed by atoms with Gasteiger partial charge in [0.25, 0.3) is 5.91 Å². The monoisotopic (exact) mass is 390 g/mol. The minimum absolute atomic E-state index is 0.210. The van der Waals surface area contributed by atoms with E-state index in [4.69, 9.17) is 4.74 Å². The molecule has 0 unspecified atom stereocenters. The predicted octanol–water partition coefficient (Wildman–Crippen LogP) is 1.83. The Morgan fingerprint density at radius 2 is 2.03 bits per heavy atom. The Labute approximate surface area is 165 Å². The van der Waals surface area contributed by atoms with Crippen LogP contribution in [0.3, 0.4) is 0 Å². The lowest BCUT2D eigenvalue weighted by Crippen LogP contribution is -2.52. The summed E-state index contributed by atoms with van der Waals surface area (Å²) in [5, 5.41) is 9.75. The predicted molar refractivity (Wildman–Crippen MR) is 107 cm³/mol. The van der Waals surface area contributed by atoms with Gasteiger partial charge in [0.05, 0.1) is 22.7 Å². The van der Waals surface area contributed by atoms with Crippen molar-refractivity contribution in [1.29, 1.82) is 0 Å². The highest BCUT2D eigenvalue weighted by Crippen LogP contribution is 2.21. The molecule has 1 fully saturated rings. The maximum absolute atomic E-state index is 12.5. The first-order chi connectivity index (χ1) is 14.2. The van der Waals surface area contributed by atoms with E-state index in [0.29, 0.717) is 28.8 Å². The first kappa shape index (κ1) is 17.3. The molecule has 3 N–H and O–H groups in total. The van der Waals surface area contributed by atoms with E-state index in [-0.39, 0.29) is 12.0 Å². The van der Waals surface area contributed by atoms with Crippen LogP contribution in [-0.2, 0) is 4.74 Å². The number of imidazole rings is 1. The number of hydrogen-bond acceptors (Lipinski definition) is 7. The molecule has 3 aromatic heterocycles. The van der Waals surface area contributed by atoms with Gasteiger partial charge in [-0.3, -0.25) is 9.89 Å². The van der Waals surface area contributed by atoms with Gasteiger partial charge in [0.15, 0.2) is 11.6 Å². The summed E-state index contributed by atoms with van der Waals surface area (Å²) in [6.45, 7) is 1.50. The minimum atomic E-state index is -0.336.